The van der Waals surface area contributed by atoms with E-state index in [2.05, 4.69) is 40.3 Å². The number of epoxide rings is 1. The zero-order valence-electron chi connectivity index (χ0n) is 14.9. The zero-order valence-corrected chi connectivity index (χ0v) is 14.9. The summed E-state index contributed by atoms with van der Waals surface area (Å²) in [5, 5.41) is 0. The number of carbonyl (C=O) groups is 1. The topological polar surface area (TPSA) is 29.6 Å². The molecule has 2 rings (SSSR count). The SMILES string of the molecule is C=C(C)C1C=C(C(C)C)CCC2(C)OC2CCC(C)CC1=O. The van der Waals surface area contributed by atoms with E-state index in [0.29, 0.717) is 30.1 Å². The molecule has 0 aromatic rings. The summed E-state index contributed by atoms with van der Waals surface area (Å²) in [7, 11) is 0. The number of rotatable bonds is 2. The van der Waals surface area contributed by atoms with Crippen LogP contribution in [0.25, 0.3) is 0 Å². The quantitative estimate of drug-likeness (QED) is 0.525. The first kappa shape index (κ1) is 17.5. The minimum absolute atomic E-state index is 0.0651. The first-order chi connectivity index (χ1) is 10.2. The molecule has 124 valence electrons. The second-order valence-electron chi connectivity index (χ2n) is 7.99. The Morgan fingerprint density at radius 1 is 1.41 bits per heavy atom. The van der Waals surface area contributed by atoms with Crippen LogP contribution in [0.5, 0.6) is 0 Å². The summed E-state index contributed by atoms with van der Waals surface area (Å²) in [6.07, 6.45) is 7.51. The third-order valence-corrected chi connectivity index (χ3v) is 5.42. The van der Waals surface area contributed by atoms with E-state index in [0.717, 1.165) is 31.3 Å². The number of hydrogen-bond donors (Lipinski definition) is 0. The average molecular weight is 304 g/mol. The molecule has 4 atom stereocenters. The number of ketones is 1. The van der Waals surface area contributed by atoms with Crippen molar-refractivity contribution < 1.29 is 9.53 Å². The van der Waals surface area contributed by atoms with Gasteiger partial charge in [-0.25, -0.2) is 0 Å². The standard InChI is InChI=1S/C20H32O2/c1-13(2)16-9-10-20(6)19(22-20)8-7-15(5)11-18(21)17(12-16)14(3)4/h12-13,15,17,19H,3,7-11H2,1-2,4-6H3. The largest absolute Gasteiger partial charge is 0.366 e. The van der Waals surface area contributed by atoms with Gasteiger partial charge in [0.05, 0.1) is 17.6 Å². The lowest BCUT2D eigenvalue weighted by Crippen LogP contribution is -2.20. The fraction of sp³-hybridized carbons (Fsp3) is 0.750. The molecule has 1 aliphatic heterocycles. The van der Waals surface area contributed by atoms with Crippen molar-refractivity contribution in [2.75, 3.05) is 0 Å². The van der Waals surface area contributed by atoms with Crippen LogP contribution >= 0.6 is 0 Å². The molecule has 1 saturated heterocycles. The monoisotopic (exact) mass is 304 g/mol. The van der Waals surface area contributed by atoms with Gasteiger partial charge < -0.3 is 4.74 Å². The van der Waals surface area contributed by atoms with Gasteiger partial charge in [0.2, 0.25) is 0 Å². The van der Waals surface area contributed by atoms with E-state index >= 15 is 0 Å². The number of hydrogen-bond acceptors (Lipinski definition) is 2. The van der Waals surface area contributed by atoms with Crippen LogP contribution in [0.1, 0.15) is 66.7 Å². The van der Waals surface area contributed by atoms with E-state index in [1.165, 1.54) is 5.57 Å². The summed E-state index contributed by atoms with van der Waals surface area (Å²) in [4.78, 5) is 12.7. The Labute approximate surface area is 136 Å². The first-order valence-corrected chi connectivity index (χ1v) is 8.79. The van der Waals surface area contributed by atoms with E-state index in [1.54, 1.807) is 0 Å². The van der Waals surface area contributed by atoms with E-state index < -0.39 is 0 Å². The maximum atomic E-state index is 12.7. The zero-order chi connectivity index (χ0) is 16.5. The Bertz CT molecular complexity index is 474. The molecule has 0 N–H and O–H groups in total. The van der Waals surface area contributed by atoms with Crippen molar-refractivity contribution in [3.8, 4) is 0 Å². The molecule has 2 nitrogen and oxygen atoms in total. The van der Waals surface area contributed by atoms with Crippen molar-refractivity contribution in [1.29, 1.82) is 0 Å². The third-order valence-electron chi connectivity index (χ3n) is 5.42. The summed E-state index contributed by atoms with van der Waals surface area (Å²) in [5.74, 6) is 1.12. The van der Waals surface area contributed by atoms with Gasteiger partial charge in [0.1, 0.15) is 5.78 Å². The summed E-state index contributed by atoms with van der Waals surface area (Å²) in [6.45, 7) is 14.9. The maximum Gasteiger partial charge on any atom is 0.144 e. The molecule has 0 bridgehead atoms. The average Bonchev–Trinajstić information content (AvgIpc) is 3.05. The molecule has 1 heterocycles. The second-order valence-corrected chi connectivity index (χ2v) is 7.99. The molecular formula is C20H32O2. The van der Waals surface area contributed by atoms with Crippen molar-refractivity contribution in [3.05, 3.63) is 23.8 Å². The summed E-state index contributed by atoms with van der Waals surface area (Å²) < 4.78 is 5.97. The number of ether oxygens (including phenoxy) is 1. The van der Waals surface area contributed by atoms with E-state index in [1.807, 2.05) is 6.92 Å². The Balaban J connectivity index is 2.26. The Hall–Kier alpha value is -0.890. The van der Waals surface area contributed by atoms with Crippen LogP contribution < -0.4 is 0 Å². The number of carbonyl (C=O) groups excluding carboxylic acids is 1. The summed E-state index contributed by atoms with van der Waals surface area (Å²) >= 11 is 0. The molecule has 4 unspecified atom stereocenters. The lowest BCUT2D eigenvalue weighted by atomic mass is 9.82. The van der Waals surface area contributed by atoms with Crippen LogP contribution in [0.2, 0.25) is 0 Å². The van der Waals surface area contributed by atoms with Gasteiger partial charge in [0.25, 0.3) is 0 Å². The highest BCUT2D eigenvalue weighted by Gasteiger charge is 2.51. The Kier molecular flexibility index (Phi) is 5.32. The van der Waals surface area contributed by atoms with Gasteiger partial charge in [-0.1, -0.05) is 44.6 Å². The maximum absolute atomic E-state index is 12.7. The van der Waals surface area contributed by atoms with Gasteiger partial charge in [0, 0.05) is 6.42 Å². The van der Waals surface area contributed by atoms with Gasteiger partial charge in [0.15, 0.2) is 0 Å². The predicted molar refractivity (Wildman–Crippen MR) is 91.8 cm³/mol. The van der Waals surface area contributed by atoms with Crippen molar-refractivity contribution in [3.63, 3.8) is 0 Å². The van der Waals surface area contributed by atoms with Gasteiger partial charge in [-0.05, 0) is 51.4 Å². The molecule has 1 fully saturated rings. The highest BCUT2D eigenvalue weighted by Crippen LogP contribution is 2.45. The minimum atomic E-state index is -0.108. The van der Waals surface area contributed by atoms with Crippen molar-refractivity contribution in [2.24, 2.45) is 17.8 Å². The lowest BCUT2D eigenvalue weighted by Gasteiger charge is -2.21. The van der Waals surface area contributed by atoms with Crippen LogP contribution in [-0.2, 0) is 9.53 Å². The van der Waals surface area contributed by atoms with Crippen LogP contribution in [0.15, 0.2) is 23.8 Å². The van der Waals surface area contributed by atoms with Crippen molar-refractivity contribution >= 4 is 5.78 Å². The molecule has 2 aliphatic rings. The van der Waals surface area contributed by atoms with E-state index in [9.17, 15) is 4.79 Å². The highest BCUT2D eigenvalue weighted by atomic mass is 16.6. The third kappa shape index (κ3) is 4.10. The molecule has 0 radical (unpaired) electrons. The molecular weight excluding hydrogens is 272 g/mol. The molecule has 22 heavy (non-hydrogen) atoms. The fourth-order valence-corrected chi connectivity index (χ4v) is 3.56. The Morgan fingerprint density at radius 2 is 2.09 bits per heavy atom. The van der Waals surface area contributed by atoms with Crippen molar-refractivity contribution in [1.82, 2.24) is 0 Å². The molecule has 0 aromatic carbocycles. The predicted octanol–water partition coefficient (Wildman–Crippen LogP) is 5.09. The van der Waals surface area contributed by atoms with Gasteiger partial charge in [-0.2, -0.15) is 0 Å². The number of allylic oxidation sites excluding steroid dienone is 3. The van der Waals surface area contributed by atoms with Crippen LogP contribution in [0.4, 0.5) is 0 Å². The molecule has 0 saturated carbocycles. The van der Waals surface area contributed by atoms with E-state index in [-0.39, 0.29) is 11.5 Å². The van der Waals surface area contributed by atoms with Gasteiger partial charge >= 0.3 is 0 Å². The summed E-state index contributed by atoms with van der Waals surface area (Å²) in [5.41, 5.74) is 2.42. The lowest BCUT2D eigenvalue weighted by molar-refractivity contribution is -0.121. The van der Waals surface area contributed by atoms with Crippen LogP contribution in [0.3, 0.4) is 0 Å². The normalized spacial score (nSPS) is 36.9. The molecule has 0 aromatic heterocycles. The molecule has 0 amide bonds. The molecule has 2 heteroatoms. The minimum Gasteiger partial charge on any atom is -0.366 e. The second kappa shape index (κ2) is 6.70. The number of fused-ring (bicyclic) bond motifs is 1. The van der Waals surface area contributed by atoms with Gasteiger partial charge in [-0.15, -0.1) is 0 Å². The van der Waals surface area contributed by atoms with E-state index in [4.69, 9.17) is 4.74 Å². The van der Waals surface area contributed by atoms with Crippen molar-refractivity contribution in [2.45, 2.75) is 78.4 Å². The smallest absolute Gasteiger partial charge is 0.144 e. The first-order valence-electron chi connectivity index (χ1n) is 8.79. The number of Topliss-reactive ketones (excluding diaryl/α,β-unsaturated/α-hetero) is 1. The molecule has 1 aliphatic carbocycles. The van der Waals surface area contributed by atoms with Gasteiger partial charge in [-0.3, -0.25) is 4.79 Å². The van der Waals surface area contributed by atoms with Crippen LogP contribution in [-0.4, -0.2) is 17.5 Å². The Morgan fingerprint density at radius 3 is 2.68 bits per heavy atom. The fourth-order valence-electron chi connectivity index (χ4n) is 3.56. The molecule has 0 spiro atoms. The highest BCUT2D eigenvalue weighted by molar-refractivity contribution is 5.85. The summed E-state index contributed by atoms with van der Waals surface area (Å²) in [6, 6.07) is 0. The van der Waals surface area contributed by atoms with Crippen LogP contribution in [0, 0.1) is 17.8 Å².